The summed E-state index contributed by atoms with van der Waals surface area (Å²) in [6, 6.07) is 14.4. The monoisotopic (exact) mass is 366 g/mol. The lowest BCUT2D eigenvalue weighted by Crippen LogP contribution is -2.13. The number of hydrogen-bond donors (Lipinski definition) is 2. The van der Waals surface area contributed by atoms with Gasteiger partial charge in [-0.25, -0.2) is 4.98 Å². The van der Waals surface area contributed by atoms with Crippen molar-refractivity contribution in [3.63, 3.8) is 0 Å². The first-order valence-electron chi connectivity index (χ1n) is 7.93. The van der Waals surface area contributed by atoms with Crippen LogP contribution in [0.4, 0.5) is 11.4 Å². The molecular weight excluding hydrogens is 348 g/mol. The van der Waals surface area contributed by atoms with Gasteiger partial charge in [-0.05, 0) is 42.7 Å². The zero-order chi connectivity index (χ0) is 18.5. The van der Waals surface area contributed by atoms with Crippen LogP contribution in [-0.4, -0.2) is 27.6 Å². The zero-order valence-electron chi connectivity index (χ0n) is 14.4. The summed E-state index contributed by atoms with van der Waals surface area (Å²) in [4.78, 5) is 28.0. The zero-order valence-corrected chi connectivity index (χ0v) is 15.2. The molecule has 3 aromatic rings. The van der Waals surface area contributed by atoms with Gasteiger partial charge in [0.05, 0.1) is 0 Å². The highest BCUT2D eigenvalue weighted by molar-refractivity contribution is 7.98. The van der Waals surface area contributed by atoms with Gasteiger partial charge >= 0.3 is 0 Å². The van der Waals surface area contributed by atoms with Crippen LogP contribution in [0.15, 0.2) is 66.1 Å². The average molecular weight is 366 g/mol. The molecule has 0 aliphatic heterocycles. The molecule has 3 rings (SSSR count). The third kappa shape index (κ3) is 4.12. The Hall–Kier alpha value is -3.06. The van der Waals surface area contributed by atoms with Gasteiger partial charge in [-0.2, -0.15) is 0 Å². The first-order chi connectivity index (χ1) is 12.6. The number of rotatable bonds is 5. The van der Waals surface area contributed by atoms with Crippen LogP contribution in [-0.2, 0) is 4.79 Å². The number of carbonyl (C=O) groups excluding carboxylic acids is 2. The van der Waals surface area contributed by atoms with E-state index in [1.165, 1.54) is 18.7 Å². The summed E-state index contributed by atoms with van der Waals surface area (Å²) in [7, 11) is 0. The number of amides is 2. The molecule has 2 N–H and O–H groups in total. The Morgan fingerprint density at radius 2 is 1.77 bits per heavy atom. The average Bonchev–Trinajstić information content (AvgIpc) is 3.10. The Kier molecular flexibility index (Phi) is 5.38. The molecular formula is C19H18N4O2S. The molecule has 0 spiro atoms. The summed E-state index contributed by atoms with van der Waals surface area (Å²) in [5.74, 6) is -0.385. The van der Waals surface area contributed by atoms with E-state index in [4.69, 9.17) is 0 Å². The van der Waals surface area contributed by atoms with E-state index in [-0.39, 0.29) is 11.8 Å². The van der Waals surface area contributed by atoms with Gasteiger partial charge in [0, 0.05) is 41.9 Å². The minimum absolute atomic E-state index is 0.161. The van der Waals surface area contributed by atoms with Gasteiger partial charge in [0.1, 0.15) is 0 Å². The summed E-state index contributed by atoms with van der Waals surface area (Å²) >= 11 is 1.54. The number of nitrogens with one attached hydrogen (secondary N) is 2. The topological polar surface area (TPSA) is 76.0 Å². The first-order valence-corrected chi connectivity index (χ1v) is 9.16. The summed E-state index contributed by atoms with van der Waals surface area (Å²) in [5, 5.41) is 6.40. The maximum Gasteiger partial charge on any atom is 0.255 e. The highest BCUT2D eigenvalue weighted by Gasteiger charge is 2.10. The number of anilines is 2. The van der Waals surface area contributed by atoms with Crippen LogP contribution < -0.4 is 10.6 Å². The number of thioether (sulfide) groups is 1. The molecule has 0 saturated carbocycles. The van der Waals surface area contributed by atoms with Crippen molar-refractivity contribution in [2.45, 2.75) is 12.1 Å². The van der Waals surface area contributed by atoms with E-state index in [2.05, 4.69) is 15.6 Å². The van der Waals surface area contributed by atoms with E-state index in [9.17, 15) is 9.59 Å². The second kappa shape index (κ2) is 7.88. The molecule has 26 heavy (non-hydrogen) atoms. The van der Waals surface area contributed by atoms with Crippen LogP contribution in [0, 0.1) is 0 Å². The van der Waals surface area contributed by atoms with E-state index in [1.807, 2.05) is 35.2 Å². The number of carbonyl (C=O) groups is 2. The Labute approximate surface area is 155 Å². The van der Waals surface area contributed by atoms with Crippen molar-refractivity contribution in [2.75, 3.05) is 16.9 Å². The van der Waals surface area contributed by atoms with Gasteiger partial charge in [0.15, 0.2) is 5.16 Å². The number of imidazole rings is 1. The maximum atomic E-state index is 12.6. The second-order valence-corrected chi connectivity index (χ2v) is 6.32. The molecule has 0 bridgehead atoms. The number of nitrogens with zero attached hydrogens (tertiary/aromatic N) is 2. The van der Waals surface area contributed by atoms with Crippen LogP contribution in [0.5, 0.6) is 0 Å². The van der Waals surface area contributed by atoms with Crippen molar-refractivity contribution in [2.24, 2.45) is 0 Å². The van der Waals surface area contributed by atoms with E-state index >= 15 is 0 Å². The minimum Gasteiger partial charge on any atom is -0.326 e. The highest BCUT2D eigenvalue weighted by atomic mass is 32.2. The molecule has 6 nitrogen and oxygen atoms in total. The smallest absolute Gasteiger partial charge is 0.255 e. The third-order valence-corrected chi connectivity index (χ3v) is 4.28. The lowest BCUT2D eigenvalue weighted by atomic mass is 10.1. The van der Waals surface area contributed by atoms with Gasteiger partial charge in [-0.1, -0.05) is 23.9 Å². The van der Waals surface area contributed by atoms with E-state index < -0.39 is 0 Å². The van der Waals surface area contributed by atoms with Crippen molar-refractivity contribution in [1.82, 2.24) is 9.55 Å². The fraction of sp³-hybridized carbons (Fsp3) is 0.105. The molecule has 2 aromatic carbocycles. The van der Waals surface area contributed by atoms with Crippen molar-refractivity contribution in [3.8, 4) is 5.69 Å². The molecule has 1 heterocycles. The minimum atomic E-state index is -0.224. The lowest BCUT2D eigenvalue weighted by Gasteiger charge is -2.10. The molecule has 0 saturated heterocycles. The standard InChI is InChI=1S/C19H18N4O2S/c1-13(24)21-15-6-4-7-16(12-15)22-18(25)14-5-3-8-17(11-14)23-10-9-20-19(23)26-2/h3-12H,1-2H3,(H,21,24)(H,22,25). The molecule has 0 aliphatic rings. The third-order valence-electron chi connectivity index (χ3n) is 3.62. The molecule has 132 valence electrons. The lowest BCUT2D eigenvalue weighted by molar-refractivity contribution is -0.114. The fourth-order valence-electron chi connectivity index (χ4n) is 2.52. The Morgan fingerprint density at radius 1 is 1.04 bits per heavy atom. The Morgan fingerprint density at radius 3 is 2.50 bits per heavy atom. The van der Waals surface area contributed by atoms with Crippen LogP contribution in [0.1, 0.15) is 17.3 Å². The van der Waals surface area contributed by atoms with Crippen molar-refractivity contribution in [1.29, 1.82) is 0 Å². The van der Waals surface area contributed by atoms with E-state index in [0.717, 1.165) is 10.8 Å². The number of hydrogen-bond acceptors (Lipinski definition) is 4. The quantitative estimate of drug-likeness (QED) is 0.674. The van der Waals surface area contributed by atoms with Crippen LogP contribution >= 0.6 is 11.8 Å². The van der Waals surface area contributed by atoms with Crippen molar-refractivity contribution in [3.05, 3.63) is 66.5 Å². The molecule has 7 heteroatoms. The summed E-state index contributed by atoms with van der Waals surface area (Å²) in [6.45, 7) is 1.44. The molecule has 2 amide bonds. The van der Waals surface area contributed by atoms with Crippen molar-refractivity contribution < 1.29 is 9.59 Å². The largest absolute Gasteiger partial charge is 0.326 e. The predicted octanol–water partition coefficient (Wildman–Crippen LogP) is 3.80. The van der Waals surface area contributed by atoms with Gasteiger partial charge in [0.2, 0.25) is 5.91 Å². The fourth-order valence-corrected chi connectivity index (χ4v) is 3.04. The summed E-state index contributed by atoms with van der Waals surface area (Å²) in [6.07, 6.45) is 5.54. The van der Waals surface area contributed by atoms with Gasteiger partial charge < -0.3 is 10.6 Å². The summed E-state index contributed by atoms with van der Waals surface area (Å²) < 4.78 is 1.93. The molecule has 0 aliphatic carbocycles. The van der Waals surface area contributed by atoms with Crippen molar-refractivity contribution >= 4 is 35.0 Å². The van der Waals surface area contributed by atoms with E-state index in [0.29, 0.717) is 16.9 Å². The number of benzene rings is 2. The SMILES string of the molecule is CSc1nccn1-c1cccc(C(=O)Nc2cccc(NC(C)=O)c2)c1. The first kappa shape index (κ1) is 17.8. The number of aromatic nitrogens is 2. The van der Waals surface area contributed by atoms with Crippen LogP contribution in [0.2, 0.25) is 0 Å². The maximum absolute atomic E-state index is 12.6. The molecule has 0 unspecified atom stereocenters. The predicted molar refractivity (Wildman–Crippen MR) is 104 cm³/mol. The molecule has 0 fully saturated rings. The van der Waals surface area contributed by atoms with Gasteiger partial charge in [-0.15, -0.1) is 0 Å². The summed E-state index contributed by atoms with van der Waals surface area (Å²) in [5.41, 5.74) is 2.64. The highest BCUT2D eigenvalue weighted by Crippen LogP contribution is 2.20. The Bertz CT molecular complexity index is 952. The van der Waals surface area contributed by atoms with Gasteiger partial charge in [0.25, 0.3) is 5.91 Å². The molecule has 1 aromatic heterocycles. The second-order valence-electron chi connectivity index (χ2n) is 5.55. The van der Waals surface area contributed by atoms with E-state index in [1.54, 1.807) is 36.5 Å². The van der Waals surface area contributed by atoms with Crippen LogP contribution in [0.25, 0.3) is 5.69 Å². The van der Waals surface area contributed by atoms with Crippen LogP contribution in [0.3, 0.4) is 0 Å². The molecule has 0 radical (unpaired) electrons. The molecule has 0 atom stereocenters. The normalized spacial score (nSPS) is 10.4. The van der Waals surface area contributed by atoms with Gasteiger partial charge in [-0.3, -0.25) is 14.2 Å². The Balaban J connectivity index is 1.81.